The first-order valence-electron chi connectivity index (χ1n) is 5.71. The molecule has 0 saturated carbocycles. The fourth-order valence-corrected chi connectivity index (χ4v) is 2.41. The molecule has 0 aromatic carbocycles. The molecule has 1 aliphatic rings. The van der Waals surface area contributed by atoms with Crippen molar-refractivity contribution >= 4 is 17.2 Å². The molecule has 0 amide bonds. The minimum Gasteiger partial charge on any atom is -0.396 e. The van der Waals surface area contributed by atoms with Gasteiger partial charge in [-0.05, 0) is 12.1 Å². The number of halogens is 1. The number of fused-ring (bicyclic) bond motifs is 1. The second kappa shape index (κ2) is 4.29. The van der Waals surface area contributed by atoms with E-state index < -0.39 is 0 Å². The van der Waals surface area contributed by atoms with Crippen molar-refractivity contribution < 1.29 is 5.11 Å². The number of rotatable bonds is 3. The van der Waals surface area contributed by atoms with Crippen LogP contribution in [0.5, 0.6) is 0 Å². The standard InChI is InChI=1S/C12H14ClN3O/c13-10-1-2-12-14-11(7-16(12)5-10)6-15-3-9(4-15)8-17/h1-2,5,7,9,17H,3-4,6,8H2. The molecule has 0 radical (unpaired) electrons. The molecule has 0 spiro atoms. The van der Waals surface area contributed by atoms with Crippen LogP contribution in [0, 0.1) is 5.92 Å². The molecule has 2 aromatic heterocycles. The topological polar surface area (TPSA) is 40.8 Å². The Bertz CT molecular complexity index is 534. The zero-order valence-corrected chi connectivity index (χ0v) is 10.1. The Hall–Kier alpha value is -1.10. The van der Waals surface area contributed by atoms with Crippen LogP contribution in [-0.4, -0.2) is 39.1 Å². The first kappa shape index (κ1) is 11.0. The van der Waals surface area contributed by atoms with Crippen molar-refractivity contribution in [1.29, 1.82) is 0 Å². The van der Waals surface area contributed by atoms with Crippen molar-refractivity contribution in [1.82, 2.24) is 14.3 Å². The molecule has 3 rings (SSSR count). The van der Waals surface area contributed by atoms with Crippen LogP contribution in [0.15, 0.2) is 24.5 Å². The summed E-state index contributed by atoms with van der Waals surface area (Å²) in [5.74, 6) is 0.446. The monoisotopic (exact) mass is 251 g/mol. The highest BCUT2D eigenvalue weighted by Crippen LogP contribution is 2.18. The van der Waals surface area contributed by atoms with Crippen molar-refractivity contribution in [2.75, 3.05) is 19.7 Å². The average molecular weight is 252 g/mol. The average Bonchev–Trinajstić information content (AvgIpc) is 2.64. The molecular formula is C12H14ClN3O. The minimum atomic E-state index is 0.289. The summed E-state index contributed by atoms with van der Waals surface area (Å²) in [6.07, 6.45) is 3.87. The summed E-state index contributed by atoms with van der Waals surface area (Å²) < 4.78 is 1.95. The zero-order chi connectivity index (χ0) is 11.8. The predicted octanol–water partition coefficient (Wildman–Crippen LogP) is 1.41. The molecule has 5 heteroatoms. The summed E-state index contributed by atoms with van der Waals surface area (Å²) in [5, 5.41) is 9.67. The van der Waals surface area contributed by atoms with Crippen molar-refractivity contribution in [2.24, 2.45) is 5.92 Å². The number of hydrogen-bond acceptors (Lipinski definition) is 3. The van der Waals surface area contributed by atoms with E-state index in [1.807, 2.05) is 28.9 Å². The number of likely N-dealkylation sites (tertiary alicyclic amines) is 1. The van der Waals surface area contributed by atoms with E-state index in [0.717, 1.165) is 31.0 Å². The molecule has 1 aliphatic heterocycles. The van der Waals surface area contributed by atoms with Crippen LogP contribution >= 0.6 is 11.6 Å². The van der Waals surface area contributed by atoms with Crippen molar-refractivity contribution in [3.05, 3.63) is 35.2 Å². The van der Waals surface area contributed by atoms with Gasteiger partial charge in [0, 0.05) is 44.6 Å². The number of aliphatic hydroxyl groups excluding tert-OH is 1. The molecule has 17 heavy (non-hydrogen) atoms. The van der Waals surface area contributed by atoms with Gasteiger partial charge < -0.3 is 9.51 Å². The van der Waals surface area contributed by atoms with E-state index in [2.05, 4.69) is 9.88 Å². The molecule has 1 saturated heterocycles. The maximum atomic E-state index is 8.95. The third kappa shape index (κ3) is 2.16. The summed E-state index contributed by atoms with van der Waals surface area (Å²) in [4.78, 5) is 6.81. The summed E-state index contributed by atoms with van der Waals surface area (Å²) in [7, 11) is 0. The van der Waals surface area contributed by atoms with Gasteiger partial charge in [0.1, 0.15) is 5.65 Å². The van der Waals surface area contributed by atoms with Gasteiger partial charge in [0.05, 0.1) is 10.7 Å². The lowest BCUT2D eigenvalue weighted by atomic mass is 10.0. The van der Waals surface area contributed by atoms with E-state index >= 15 is 0 Å². The Labute approximate surface area is 104 Å². The Morgan fingerprint density at radius 2 is 2.18 bits per heavy atom. The molecule has 0 unspecified atom stereocenters. The van der Waals surface area contributed by atoms with Crippen molar-refractivity contribution in [2.45, 2.75) is 6.54 Å². The van der Waals surface area contributed by atoms with E-state index in [4.69, 9.17) is 16.7 Å². The number of nitrogens with zero attached hydrogens (tertiary/aromatic N) is 3. The van der Waals surface area contributed by atoms with Crippen LogP contribution < -0.4 is 0 Å². The molecule has 0 atom stereocenters. The van der Waals surface area contributed by atoms with E-state index in [1.165, 1.54) is 0 Å². The van der Waals surface area contributed by atoms with Gasteiger partial charge in [0.15, 0.2) is 0 Å². The second-order valence-electron chi connectivity index (χ2n) is 4.59. The third-order valence-corrected chi connectivity index (χ3v) is 3.37. The molecule has 90 valence electrons. The van der Waals surface area contributed by atoms with Gasteiger partial charge in [0.25, 0.3) is 0 Å². The van der Waals surface area contributed by atoms with Gasteiger partial charge in [-0.2, -0.15) is 0 Å². The summed E-state index contributed by atoms with van der Waals surface area (Å²) in [6, 6.07) is 3.76. The second-order valence-corrected chi connectivity index (χ2v) is 5.02. The minimum absolute atomic E-state index is 0.289. The van der Waals surface area contributed by atoms with E-state index in [9.17, 15) is 0 Å². The van der Waals surface area contributed by atoms with Crippen LogP contribution in [0.3, 0.4) is 0 Å². The molecule has 1 N–H and O–H groups in total. The summed E-state index contributed by atoms with van der Waals surface area (Å²) in [5.41, 5.74) is 1.97. The van der Waals surface area contributed by atoms with Gasteiger partial charge in [0.2, 0.25) is 0 Å². The van der Waals surface area contributed by atoms with E-state index in [0.29, 0.717) is 10.9 Å². The molecular weight excluding hydrogens is 238 g/mol. The van der Waals surface area contributed by atoms with Crippen LogP contribution in [0.2, 0.25) is 5.02 Å². The van der Waals surface area contributed by atoms with Gasteiger partial charge in [-0.1, -0.05) is 11.6 Å². The fraction of sp³-hybridized carbons (Fsp3) is 0.417. The van der Waals surface area contributed by atoms with Gasteiger partial charge in [-0.25, -0.2) is 4.98 Å². The Balaban J connectivity index is 1.73. The Morgan fingerprint density at radius 3 is 2.94 bits per heavy atom. The number of hydrogen-bond donors (Lipinski definition) is 1. The highest BCUT2D eigenvalue weighted by molar-refractivity contribution is 6.30. The lowest BCUT2D eigenvalue weighted by molar-refractivity contribution is 0.0471. The Morgan fingerprint density at radius 1 is 1.35 bits per heavy atom. The number of aromatic nitrogens is 2. The van der Waals surface area contributed by atoms with E-state index in [1.54, 1.807) is 0 Å². The lowest BCUT2D eigenvalue weighted by Crippen LogP contribution is -2.47. The van der Waals surface area contributed by atoms with Crippen molar-refractivity contribution in [3.8, 4) is 0 Å². The molecule has 1 fully saturated rings. The van der Waals surface area contributed by atoms with Crippen LogP contribution in [0.1, 0.15) is 5.69 Å². The quantitative estimate of drug-likeness (QED) is 0.897. The van der Waals surface area contributed by atoms with Gasteiger partial charge in [-0.3, -0.25) is 4.90 Å². The first-order valence-corrected chi connectivity index (χ1v) is 6.09. The SMILES string of the molecule is OCC1CN(Cc2cn3cc(Cl)ccc3n2)C1. The number of pyridine rings is 1. The maximum Gasteiger partial charge on any atom is 0.137 e. The largest absolute Gasteiger partial charge is 0.396 e. The molecule has 4 nitrogen and oxygen atoms in total. The highest BCUT2D eigenvalue weighted by Gasteiger charge is 2.26. The van der Waals surface area contributed by atoms with Crippen molar-refractivity contribution in [3.63, 3.8) is 0 Å². The van der Waals surface area contributed by atoms with E-state index in [-0.39, 0.29) is 6.61 Å². The zero-order valence-electron chi connectivity index (χ0n) is 9.38. The smallest absolute Gasteiger partial charge is 0.137 e. The summed E-state index contributed by atoms with van der Waals surface area (Å²) >= 11 is 5.92. The van der Waals surface area contributed by atoms with Gasteiger partial charge >= 0.3 is 0 Å². The van der Waals surface area contributed by atoms with Crippen LogP contribution in [-0.2, 0) is 6.54 Å². The van der Waals surface area contributed by atoms with Gasteiger partial charge in [-0.15, -0.1) is 0 Å². The normalized spacial score (nSPS) is 17.5. The molecule has 0 bridgehead atoms. The molecule has 0 aliphatic carbocycles. The highest BCUT2D eigenvalue weighted by atomic mass is 35.5. The third-order valence-electron chi connectivity index (χ3n) is 3.14. The molecule has 3 heterocycles. The number of aliphatic hydroxyl groups is 1. The lowest BCUT2D eigenvalue weighted by Gasteiger charge is -2.37. The van der Waals surface area contributed by atoms with Crippen LogP contribution in [0.25, 0.3) is 5.65 Å². The fourth-order valence-electron chi connectivity index (χ4n) is 2.24. The Kier molecular flexibility index (Phi) is 2.78. The predicted molar refractivity (Wildman–Crippen MR) is 66.1 cm³/mol. The maximum absolute atomic E-state index is 8.95. The molecule has 2 aromatic rings. The summed E-state index contributed by atoms with van der Waals surface area (Å²) in [6.45, 7) is 3.06. The first-order chi connectivity index (χ1) is 8.24. The number of imidazole rings is 1. The van der Waals surface area contributed by atoms with Crippen LogP contribution in [0.4, 0.5) is 0 Å².